The van der Waals surface area contributed by atoms with E-state index in [1.807, 2.05) is 0 Å². The molecule has 1 aliphatic carbocycles. The van der Waals surface area contributed by atoms with E-state index in [1.54, 1.807) is 6.92 Å². The molecule has 0 radical (unpaired) electrons. The lowest BCUT2D eigenvalue weighted by atomic mass is 9.86. The second-order valence-corrected chi connectivity index (χ2v) is 9.23. The largest absolute Gasteiger partial charge is 0.452 e. The Morgan fingerprint density at radius 1 is 1.18 bits per heavy atom. The van der Waals surface area contributed by atoms with Gasteiger partial charge in [-0.15, -0.1) is 0 Å². The molecule has 0 aliphatic heterocycles. The molecule has 9 heteroatoms. The number of sulfone groups is 1. The molecule has 1 fully saturated rings. The van der Waals surface area contributed by atoms with Crippen LogP contribution in [-0.4, -0.2) is 45.2 Å². The number of urea groups is 1. The summed E-state index contributed by atoms with van der Waals surface area (Å²) >= 11 is 0. The number of hydrogen-bond acceptors (Lipinski definition) is 6. The maximum absolute atomic E-state index is 12.2. The van der Waals surface area contributed by atoms with Crippen LogP contribution >= 0.6 is 0 Å². The van der Waals surface area contributed by atoms with E-state index in [0.717, 1.165) is 31.9 Å². The van der Waals surface area contributed by atoms with Crippen molar-refractivity contribution in [2.75, 3.05) is 12.9 Å². The first-order chi connectivity index (χ1) is 13.1. The summed E-state index contributed by atoms with van der Waals surface area (Å²) in [6, 6.07) is 3.50. The smallest absolute Gasteiger partial charge is 0.338 e. The van der Waals surface area contributed by atoms with Crippen LogP contribution < -0.4 is 10.6 Å². The molecule has 0 heterocycles. The fourth-order valence-electron chi connectivity index (χ4n) is 3.16. The minimum atomic E-state index is -3.48. The van der Waals surface area contributed by atoms with Gasteiger partial charge in [-0.05, 0) is 43.4 Å². The first-order valence-corrected chi connectivity index (χ1v) is 11.0. The van der Waals surface area contributed by atoms with Gasteiger partial charge in [0, 0.05) is 12.3 Å². The molecule has 2 atom stereocenters. The Labute approximate surface area is 164 Å². The topological polar surface area (TPSA) is 119 Å². The Kier molecular flexibility index (Phi) is 7.17. The summed E-state index contributed by atoms with van der Waals surface area (Å²) in [5, 5.41) is 4.92. The molecule has 0 unspecified atom stereocenters. The Morgan fingerprint density at radius 3 is 2.50 bits per heavy atom. The molecule has 1 aromatic carbocycles. The SMILES string of the molecule is Cc1ccc(S(C)(=O)=O)cc1C(=O)OCC(=O)NC(=O)N[C@H]1CCCC[C@H]1C. The van der Waals surface area contributed by atoms with Gasteiger partial charge in [-0.2, -0.15) is 0 Å². The highest BCUT2D eigenvalue weighted by molar-refractivity contribution is 7.90. The molecule has 2 rings (SSSR count). The second-order valence-electron chi connectivity index (χ2n) is 7.21. The minimum absolute atomic E-state index is 0.0181. The van der Waals surface area contributed by atoms with Gasteiger partial charge in [-0.25, -0.2) is 18.0 Å². The highest BCUT2D eigenvalue weighted by Gasteiger charge is 2.23. The highest BCUT2D eigenvalue weighted by Crippen LogP contribution is 2.23. The summed E-state index contributed by atoms with van der Waals surface area (Å²) < 4.78 is 28.2. The fourth-order valence-corrected chi connectivity index (χ4v) is 3.81. The average Bonchev–Trinajstić information content (AvgIpc) is 2.61. The zero-order valence-electron chi connectivity index (χ0n) is 16.3. The van der Waals surface area contributed by atoms with Gasteiger partial charge in [-0.1, -0.05) is 25.8 Å². The van der Waals surface area contributed by atoms with Crippen molar-refractivity contribution in [3.8, 4) is 0 Å². The molecular formula is C19H26N2O6S. The van der Waals surface area contributed by atoms with Crippen LogP contribution in [0.3, 0.4) is 0 Å². The van der Waals surface area contributed by atoms with Crippen molar-refractivity contribution < 1.29 is 27.5 Å². The van der Waals surface area contributed by atoms with E-state index < -0.39 is 34.4 Å². The molecule has 0 spiro atoms. The van der Waals surface area contributed by atoms with Gasteiger partial charge in [-0.3, -0.25) is 10.1 Å². The molecule has 0 saturated heterocycles. The first kappa shape index (κ1) is 21.9. The zero-order chi connectivity index (χ0) is 20.9. The summed E-state index contributed by atoms with van der Waals surface area (Å²) in [7, 11) is -3.48. The highest BCUT2D eigenvalue weighted by atomic mass is 32.2. The predicted octanol–water partition coefficient (Wildman–Crippen LogP) is 1.96. The molecule has 0 bridgehead atoms. The maximum Gasteiger partial charge on any atom is 0.338 e. The summed E-state index contributed by atoms with van der Waals surface area (Å²) in [4.78, 5) is 36.0. The molecular weight excluding hydrogens is 384 g/mol. The minimum Gasteiger partial charge on any atom is -0.452 e. The molecule has 8 nitrogen and oxygen atoms in total. The lowest BCUT2D eigenvalue weighted by Crippen LogP contribution is -2.48. The number of carbonyl (C=O) groups is 3. The van der Waals surface area contributed by atoms with Crippen LogP contribution in [0.15, 0.2) is 23.1 Å². The number of esters is 1. The number of nitrogens with one attached hydrogen (secondary N) is 2. The predicted molar refractivity (Wildman–Crippen MR) is 103 cm³/mol. The van der Waals surface area contributed by atoms with E-state index in [-0.39, 0.29) is 16.5 Å². The third-order valence-corrected chi connectivity index (χ3v) is 5.98. The quantitative estimate of drug-likeness (QED) is 0.716. The van der Waals surface area contributed by atoms with Crippen molar-refractivity contribution in [2.24, 2.45) is 5.92 Å². The Balaban J connectivity index is 1.88. The number of rotatable bonds is 5. The van der Waals surface area contributed by atoms with Gasteiger partial charge in [0.1, 0.15) is 0 Å². The molecule has 1 aromatic rings. The van der Waals surface area contributed by atoms with E-state index in [1.165, 1.54) is 18.2 Å². The lowest BCUT2D eigenvalue weighted by molar-refractivity contribution is -0.123. The van der Waals surface area contributed by atoms with Crippen LogP contribution in [0.5, 0.6) is 0 Å². The summed E-state index contributed by atoms with van der Waals surface area (Å²) in [5.41, 5.74) is 0.568. The first-order valence-electron chi connectivity index (χ1n) is 9.16. The van der Waals surface area contributed by atoms with Crippen LogP contribution in [0.2, 0.25) is 0 Å². The number of carbonyl (C=O) groups excluding carboxylic acids is 3. The fraction of sp³-hybridized carbons (Fsp3) is 0.526. The number of imide groups is 1. The van der Waals surface area contributed by atoms with E-state index in [2.05, 4.69) is 17.6 Å². The summed E-state index contributed by atoms with van der Waals surface area (Å²) in [5.74, 6) is -1.25. The molecule has 3 amide bonds. The number of benzene rings is 1. The molecule has 1 aliphatic rings. The number of hydrogen-bond donors (Lipinski definition) is 2. The van der Waals surface area contributed by atoms with Gasteiger partial charge in [0.2, 0.25) is 0 Å². The standard InChI is InChI=1S/C19H26N2O6S/c1-12-8-9-14(28(3,25)26)10-15(12)18(23)27-11-17(22)21-19(24)20-16-7-5-4-6-13(16)2/h8-10,13,16H,4-7,11H2,1-3H3,(H2,20,21,22,24)/t13-,16+/m1/s1. The van der Waals surface area contributed by atoms with Crippen molar-refractivity contribution in [1.82, 2.24) is 10.6 Å². The molecule has 28 heavy (non-hydrogen) atoms. The monoisotopic (exact) mass is 410 g/mol. The van der Waals surface area contributed by atoms with Crippen LogP contribution in [0.4, 0.5) is 4.79 Å². The molecule has 1 saturated carbocycles. The van der Waals surface area contributed by atoms with Crippen molar-refractivity contribution in [3.63, 3.8) is 0 Å². The third kappa shape index (κ3) is 6.05. The van der Waals surface area contributed by atoms with E-state index in [4.69, 9.17) is 4.74 Å². The van der Waals surface area contributed by atoms with Gasteiger partial charge in [0.15, 0.2) is 16.4 Å². The zero-order valence-corrected chi connectivity index (χ0v) is 17.1. The van der Waals surface area contributed by atoms with Gasteiger partial charge in [0.05, 0.1) is 10.5 Å². The van der Waals surface area contributed by atoms with Crippen molar-refractivity contribution in [1.29, 1.82) is 0 Å². The van der Waals surface area contributed by atoms with Crippen molar-refractivity contribution in [3.05, 3.63) is 29.3 Å². The van der Waals surface area contributed by atoms with E-state index >= 15 is 0 Å². The van der Waals surface area contributed by atoms with Crippen LogP contribution in [0.1, 0.15) is 48.5 Å². The Hall–Kier alpha value is -2.42. The Morgan fingerprint density at radius 2 is 1.86 bits per heavy atom. The maximum atomic E-state index is 12.2. The number of amides is 3. The van der Waals surface area contributed by atoms with Crippen LogP contribution in [0, 0.1) is 12.8 Å². The van der Waals surface area contributed by atoms with Gasteiger partial charge < -0.3 is 10.1 Å². The van der Waals surface area contributed by atoms with Gasteiger partial charge >= 0.3 is 12.0 Å². The van der Waals surface area contributed by atoms with Crippen molar-refractivity contribution >= 4 is 27.7 Å². The van der Waals surface area contributed by atoms with Crippen molar-refractivity contribution in [2.45, 2.75) is 50.5 Å². The second kappa shape index (κ2) is 9.18. The number of aryl methyl sites for hydroxylation is 1. The average molecular weight is 410 g/mol. The van der Waals surface area contributed by atoms with Crippen LogP contribution in [0.25, 0.3) is 0 Å². The molecule has 0 aromatic heterocycles. The van der Waals surface area contributed by atoms with E-state index in [9.17, 15) is 22.8 Å². The van der Waals surface area contributed by atoms with E-state index in [0.29, 0.717) is 11.5 Å². The lowest BCUT2D eigenvalue weighted by Gasteiger charge is -2.29. The van der Waals surface area contributed by atoms with Crippen LogP contribution in [-0.2, 0) is 19.4 Å². The molecule has 2 N–H and O–H groups in total. The summed E-state index contributed by atoms with van der Waals surface area (Å²) in [6.45, 7) is 3.04. The Bertz CT molecular complexity index is 865. The van der Waals surface area contributed by atoms with Gasteiger partial charge in [0.25, 0.3) is 5.91 Å². The normalized spacial score (nSPS) is 19.5. The molecule has 154 valence electrons. The summed E-state index contributed by atoms with van der Waals surface area (Å²) in [6.07, 6.45) is 5.10. The number of ether oxygens (including phenoxy) is 1. The third-order valence-electron chi connectivity index (χ3n) is 4.87.